The third-order valence-corrected chi connectivity index (χ3v) is 3.67. The lowest BCUT2D eigenvalue weighted by Crippen LogP contribution is -2.02. The maximum absolute atomic E-state index is 6.08. The second-order valence-corrected chi connectivity index (χ2v) is 4.99. The van der Waals surface area contributed by atoms with Crippen LogP contribution in [0.3, 0.4) is 0 Å². The molecule has 0 amide bonds. The van der Waals surface area contributed by atoms with Crippen LogP contribution in [0.5, 0.6) is 0 Å². The van der Waals surface area contributed by atoms with E-state index in [1.54, 1.807) is 0 Å². The number of anilines is 1. The van der Waals surface area contributed by atoms with Crippen LogP contribution in [-0.4, -0.2) is 14.5 Å². The van der Waals surface area contributed by atoms with Gasteiger partial charge in [0, 0.05) is 18.4 Å². The zero-order chi connectivity index (χ0) is 14.1. The number of imidazole rings is 1. The topological polar surface area (TPSA) is 56.7 Å². The van der Waals surface area contributed by atoms with Crippen LogP contribution in [-0.2, 0) is 13.0 Å². The van der Waals surface area contributed by atoms with Crippen LogP contribution in [0.4, 0.5) is 5.82 Å². The Morgan fingerprint density at radius 2 is 2.05 bits per heavy atom. The van der Waals surface area contributed by atoms with Crippen molar-refractivity contribution in [3.05, 3.63) is 37.0 Å². The Labute approximate surface area is 118 Å². The Morgan fingerprint density at radius 1 is 1.25 bits per heavy atom. The molecule has 103 valence electrons. The molecule has 4 heteroatoms. The molecule has 0 aliphatic heterocycles. The van der Waals surface area contributed by atoms with Gasteiger partial charge in [-0.15, -0.1) is 0 Å². The number of nitrogens with zero attached hydrogens (tertiary/aromatic N) is 3. The van der Waals surface area contributed by atoms with Crippen LogP contribution in [0.15, 0.2) is 24.3 Å². The normalized spacial score (nSPS) is 11.5. The number of benzene rings is 1. The molecule has 0 saturated heterocycles. The van der Waals surface area contributed by atoms with E-state index in [2.05, 4.69) is 29.5 Å². The molecule has 4 nitrogen and oxygen atoms in total. The summed E-state index contributed by atoms with van der Waals surface area (Å²) < 4.78 is 2.17. The van der Waals surface area contributed by atoms with Crippen LogP contribution in [0, 0.1) is 6.92 Å². The average molecular weight is 267 g/mol. The highest BCUT2D eigenvalue weighted by Crippen LogP contribution is 2.29. The Bertz CT molecular complexity index is 758. The van der Waals surface area contributed by atoms with E-state index in [-0.39, 0.29) is 0 Å². The van der Waals surface area contributed by atoms with Crippen molar-refractivity contribution in [1.29, 1.82) is 0 Å². The number of aryl methyl sites for hydroxylation is 1. The molecule has 0 aliphatic carbocycles. The number of nitrogen functional groups attached to an aromatic ring is 1. The van der Waals surface area contributed by atoms with Gasteiger partial charge in [0.15, 0.2) is 5.82 Å². The lowest BCUT2D eigenvalue weighted by atomic mass is 10.2. The number of rotatable bonds is 4. The van der Waals surface area contributed by atoms with Crippen LogP contribution in [0.25, 0.3) is 21.9 Å². The Hall–Kier alpha value is -2.10. The molecule has 0 atom stereocenters. The van der Waals surface area contributed by atoms with Gasteiger partial charge in [0.1, 0.15) is 11.3 Å². The number of nitrogens with two attached hydrogens (primary N) is 1. The lowest BCUT2D eigenvalue weighted by molar-refractivity contribution is 0.696. The van der Waals surface area contributed by atoms with Crippen molar-refractivity contribution in [2.24, 2.45) is 0 Å². The highest BCUT2D eigenvalue weighted by molar-refractivity contribution is 6.06. The van der Waals surface area contributed by atoms with Gasteiger partial charge in [-0.25, -0.2) is 9.97 Å². The predicted molar refractivity (Wildman–Crippen MR) is 83.4 cm³/mol. The van der Waals surface area contributed by atoms with Crippen molar-refractivity contribution < 1.29 is 0 Å². The lowest BCUT2D eigenvalue weighted by Gasteiger charge is -2.07. The molecule has 0 saturated carbocycles. The zero-order valence-electron chi connectivity index (χ0n) is 11.8. The maximum atomic E-state index is 6.08. The van der Waals surface area contributed by atoms with E-state index in [0.717, 1.165) is 47.0 Å². The summed E-state index contributed by atoms with van der Waals surface area (Å²) in [6.45, 7) is 6.88. The number of fused-ring (bicyclic) bond motifs is 3. The van der Waals surface area contributed by atoms with Crippen molar-refractivity contribution in [2.75, 3.05) is 5.73 Å². The zero-order valence-corrected chi connectivity index (χ0v) is 11.8. The first-order valence-electron chi connectivity index (χ1n) is 7.08. The number of aromatic nitrogens is 3. The second kappa shape index (κ2) is 5.12. The van der Waals surface area contributed by atoms with Gasteiger partial charge in [-0.1, -0.05) is 31.5 Å². The summed E-state index contributed by atoms with van der Waals surface area (Å²) in [4.78, 5) is 9.16. The van der Waals surface area contributed by atoms with Gasteiger partial charge < -0.3 is 10.3 Å². The van der Waals surface area contributed by atoms with E-state index in [4.69, 9.17) is 10.7 Å². The summed E-state index contributed by atoms with van der Waals surface area (Å²) in [5.74, 6) is 1.56. The van der Waals surface area contributed by atoms with Gasteiger partial charge in [0.2, 0.25) is 0 Å². The third kappa shape index (κ3) is 1.92. The quantitative estimate of drug-likeness (QED) is 0.788. The second-order valence-electron chi connectivity index (χ2n) is 4.99. The van der Waals surface area contributed by atoms with Crippen molar-refractivity contribution in [3.8, 4) is 0 Å². The largest absolute Gasteiger partial charge is 0.382 e. The highest BCUT2D eigenvalue weighted by Gasteiger charge is 2.15. The van der Waals surface area contributed by atoms with E-state index < -0.39 is 0 Å². The molecule has 0 unspecified atom stereocenters. The summed E-state index contributed by atoms with van der Waals surface area (Å²) >= 11 is 0. The molecule has 0 fully saturated rings. The summed E-state index contributed by atoms with van der Waals surface area (Å²) in [6, 6.07) is 8.05. The molecule has 2 aromatic heterocycles. The maximum Gasteiger partial charge on any atom is 0.152 e. The van der Waals surface area contributed by atoms with Gasteiger partial charge in [-0.05, 0) is 19.4 Å². The van der Waals surface area contributed by atoms with Gasteiger partial charge in [-0.2, -0.15) is 0 Å². The van der Waals surface area contributed by atoms with E-state index in [0.29, 0.717) is 12.4 Å². The fourth-order valence-electron chi connectivity index (χ4n) is 2.67. The van der Waals surface area contributed by atoms with E-state index in [1.165, 1.54) is 0 Å². The molecule has 0 spiro atoms. The molecule has 3 aromatic rings. The van der Waals surface area contributed by atoms with E-state index >= 15 is 0 Å². The van der Waals surface area contributed by atoms with Crippen molar-refractivity contribution in [1.82, 2.24) is 14.5 Å². The molecule has 0 aliphatic rings. The van der Waals surface area contributed by atoms with Gasteiger partial charge >= 0.3 is 0 Å². The third-order valence-electron chi connectivity index (χ3n) is 3.67. The Balaban J connectivity index is 2.35. The van der Waals surface area contributed by atoms with Crippen molar-refractivity contribution in [2.45, 2.75) is 32.7 Å². The van der Waals surface area contributed by atoms with Crippen LogP contribution in [0.1, 0.15) is 25.6 Å². The first-order chi connectivity index (χ1) is 9.76. The fraction of sp³-hybridized carbons (Fsp3) is 0.312. The fourth-order valence-corrected chi connectivity index (χ4v) is 2.67. The highest BCUT2D eigenvalue weighted by atomic mass is 15.1. The molecule has 3 rings (SSSR count). The number of unbranched alkanes of at least 4 members (excludes halogenated alkanes) is 1. The summed E-state index contributed by atoms with van der Waals surface area (Å²) in [7, 11) is 0. The van der Waals surface area contributed by atoms with E-state index in [1.807, 2.05) is 18.2 Å². The smallest absolute Gasteiger partial charge is 0.152 e. The van der Waals surface area contributed by atoms with Gasteiger partial charge in [0.05, 0.1) is 11.0 Å². The summed E-state index contributed by atoms with van der Waals surface area (Å²) in [5, 5.41) is 1.09. The number of pyridine rings is 1. The Kier molecular flexibility index (Phi) is 3.30. The first kappa shape index (κ1) is 12.9. The number of hydrogen-bond acceptors (Lipinski definition) is 3. The molecule has 1 radical (unpaired) electrons. The van der Waals surface area contributed by atoms with Gasteiger partial charge in [-0.3, -0.25) is 0 Å². The molecule has 0 bridgehead atoms. The molecule has 2 heterocycles. The minimum absolute atomic E-state index is 0.503. The van der Waals surface area contributed by atoms with Crippen molar-refractivity contribution >= 4 is 27.8 Å². The monoisotopic (exact) mass is 267 g/mol. The minimum Gasteiger partial charge on any atom is -0.382 e. The molecular weight excluding hydrogens is 248 g/mol. The van der Waals surface area contributed by atoms with Crippen LogP contribution < -0.4 is 5.73 Å². The van der Waals surface area contributed by atoms with Gasteiger partial charge in [0.25, 0.3) is 0 Å². The number of hydrogen-bond donors (Lipinski definition) is 1. The van der Waals surface area contributed by atoms with Crippen molar-refractivity contribution in [3.63, 3.8) is 0 Å². The summed E-state index contributed by atoms with van der Waals surface area (Å²) in [6.07, 6.45) is 3.22. The molecule has 1 aromatic carbocycles. The van der Waals surface area contributed by atoms with E-state index in [9.17, 15) is 0 Å². The molecular formula is C16H19N4. The summed E-state index contributed by atoms with van der Waals surface area (Å²) in [5.41, 5.74) is 8.86. The minimum atomic E-state index is 0.503. The first-order valence-corrected chi connectivity index (χ1v) is 7.08. The molecule has 20 heavy (non-hydrogen) atoms. The standard InChI is InChI=1S/C16H19N4/c1-3-5-10-13-19-14-15(20(13)4-2)11-8-6-7-9-12(11)18-16(14)17/h6-9H,2-5,10H2,1H3,(H2,17,18). The van der Waals surface area contributed by atoms with Crippen LogP contribution >= 0.6 is 0 Å². The molecule has 2 N–H and O–H groups in total. The Morgan fingerprint density at radius 3 is 2.80 bits per heavy atom. The van der Waals surface area contributed by atoms with Crippen LogP contribution in [0.2, 0.25) is 0 Å². The average Bonchev–Trinajstić information content (AvgIpc) is 2.84. The SMILES string of the molecule is [CH2]Cn1c(CCCC)nc2c(N)nc3ccccc3c21. The predicted octanol–water partition coefficient (Wildman–Crippen LogP) is 3.34. The number of para-hydroxylation sites is 1.